The fraction of sp³-hybridized carbons (Fsp3) is 0.194. The number of amides is 1. The normalized spacial score (nSPS) is 15.0. The molecule has 0 aliphatic carbocycles. The molecule has 2 aromatic heterocycles. The molecule has 42 heavy (non-hydrogen) atoms. The Hall–Kier alpha value is -4.51. The molecule has 1 atom stereocenters. The zero-order valence-electron chi connectivity index (χ0n) is 22.3. The van der Waals surface area contributed by atoms with Crippen LogP contribution in [-0.4, -0.2) is 28.8 Å². The molecule has 2 N–H and O–H groups in total. The van der Waals surface area contributed by atoms with Crippen LogP contribution in [0.15, 0.2) is 83.5 Å². The van der Waals surface area contributed by atoms with Crippen LogP contribution in [0.5, 0.6) is 5.75 Å². The van der Waals surface area contributed by atoms with Crippen molar-refractivity contribution in [2.24, 2.45) is 0 Å². The Morgan fingerprint density at radius 2 is 1.98 bits per heavy atom. The van der Waals surface area contributed by atoms with Crippen molar-refractivity contribution >= 4 is 39.9 Å². The van der Waals surface area contributed by atoms with Crippen LogP contribution in [0.3, 0.4) is 0 Å². The van der Waals surface area contributed by atoms with E-state index in [0.717, 1.165) is 30.2 Å². The van der Waals surface area contributed by atoms with Crippen LogP contribution in [0.4, 0.5) is 15.9 Å². The van der Waals surface area contributed by atoms with Gasteiger partial charge in [0.1, 0.15) is 36.1 Å². The fourth-order valence-electron chi connectivity index (χ4n) is 4.52. The van der Waals surface area contributed by atoms with Gasteiger partial charge in [0.2, 0.25) is 0 Å². The van der Waals surface area contributed by atoms with E-state index < -0.39 is 12.2 Å². The summed E-state index contributed by atoms with van der Waals surface area (Å²) in [6, 6.07) is 20.3. The molecule has 5 aromatic rings. The number of carbonyl (C=O) groups is 1. The summed E-state index contributed by atoms with van der Waals surface area (Å²) in [5.41, 5.74) is 5.23. The molecule has 1 amide bonds. The van der Waals surface area contributed by atoms with Gasteiger partial charge in [-0.3, -0.25) is 4.79 Å². The molecule has 3 aromatic carbocycles. The highest BCUT2D eigenvalue weighted by Gasteiger charge is 2.19. The molecule has 1 fully saturated rings. The lowest BCUT2D eigenvalue weighted by atomic mass is 10.1. The second kappa shape index (κ2) is 12.6. The molecule has 6 rings (SSSR count). The molecule has 1 unspecified atom stereocenters. The van der Waals surface area contributed by atoms with E-state index in [2.05, 4.69) is 20.8 Å². The number of fused-ring (bicyclic) bond motifs is 1. The highest BCUT2D eigenvalue weighted by atomic mass is 35.5. The Morgan fingerprint density at radius 1 is 1.05 bits per heavy atom. The standard InChI is InChI=1S/C31H26ClFN4O5/c32-24-16-22(8-10-27(24)40-17-19-4-3-5-21(33)14-19)36-30-23-15-20(7-9-25(23)34-18-35-30)26-11-12-28(41-26)31(38)37-42-29-6-1-2-13-39-29/h3-5,7-12,14-16,18,29H,1-2,6,13,17H2,(H,37,38)(H,34,35,36). The maximum Gasteiger partial charge on any atom is 0.310 e. The van der Waals surface area contributed by atoms with Crippen LogP contribution in [-0.2, 0) is 16.2 Å². The minimum atomic E-state index is -0.498. The molecule has 1 saturated heterocycles. The Morgan fingerprint density at radius 3 is 2.81 bits per heavy atom. The van der Waals surface area contributed by atoms with Crippen molar-refractivity contribution in [1.29, 1.82) is 0 Å². The minimum Gasteiger partial charge on any atom is -0.487 e. The van der Waals surface area contributed by atoms with Gasteiger partial charge in [-0.1, -0.05) is 23.7 Å². The van der Waals surface area contributed by atoms with Gasteiger partial charge in [-0.15, -0.1) is 0 Å². The predicted molar refractivity (Wildman–Crippen MR) is 155 cm³/mol. The summed E-state index contributed by atoms with van der Waals surface area (Å²) in [7, 11) is 0. The zero-order valence-corrected chi connectivity index (χ0v) is 23.1. The summed E-state index contributed by atoms with van der Waals surface area (Å²) in [6.07, 6.45) is 3.70. The molecule has 0 radical (unpaired) electrons. The number of benzene rings is 3. The predicted octanol–water partition coefficient (Wildman–Crippen LogP) is 7.19. The number of furan rings is 1. The van der Waals surface area contributed by atoms with Crippen molar-refractivity contribution in [1.82, 2.24) is 15.4 Å². The first-order chi connectivity index (χ1) is 20.5. The zero-order chi connectivity index (χ0) is 28.9. The second-order valence-electron chi connectivity index (χ2n) is 9.65. The second-order valence-corrected chi connectivity index (χ2v) is 10.1. The highest BCUT2D eigenvalue weighted by Crippen LogP contribution is 2.33. The summed E-state index contributed by atoms with van der Waals surface area (Å²) in [6.45, 7) is 0.792. The molecule has 0 bridgehead atoms. The maximum absolute atomic E-state index is 13.5. The number of aromatic nitrogens is 2. The van der Waals surface area contributed by atoms with Crippen molar-refractivity contribution in [3.63, 3.8) is 0 Å². The first kappa shape index (κ1) is 27.6. The van der Waals surface area contributed by atoms with E-state index in [1.807, 2.05) is 24.3 Å². The summed E-state index contributed by atoms with van der Waals surface area (Å²) >= 11 is 6.48. The summed E-state index contributed by atoms with van der Waals surface area (Å²) in [5, 5.41) is 4.40. The molecule has 9 nitrogen and oxygen atoms in total. The smallest absolute Gasteiger partial charge is 0.310 e. The van der Waals surface area contributed by atoms with E-state index in [-0.39, 0.29) is 18.2 Å². The Balaban J connectivity index is 1.16. The van der Waals surface area contributed by atoms with Gasteiger partial charge in [-0.05, 0) is 79.1 Å². The third-order valence-electron chi connectivity index (χ3n) is 6.65. The number of halogens is 2. The first-order valence-electron chi connectivity index (χ1n) is 13.4. The number of nitrogens with one attached hydrogen (secondary N) is 2. The van der Waals surface area contributed by atoms with Crippen LogP contribution in [0.1, 0.15) is 35.4 Å². The van der Waals surface area contributed by atoms with Crippen LogP contribution >= 0.6 is 11.6 Å². The molecular formula is C31H26ClFN4O5. The topological polar surface area (TPSA) is 108 Å². The fourth-order valence-corrected chi connectivity index (χ4v) is 4.75. The van der Waals surface area contributed by atoms with Crippen molar-refractivity contribution in [2.45, 2.75) is 32.2 Å². The molecule has 3 heterocycles. The number of carbonyl (C=O) groups excluding carboxylic acids is 1. The summed E-state index contributed by atoms with van der Waals surface area (Å²) in [4.78, 5) is 26.7. The molecular weight excluding hydrogens is 563 g/mol. The molecule has 0 spiro atoms. The molecule has 1 aliphatic rings. The third kappa shape index (κ3) is 6.52. The van der Waals surface area contributed by atoms with Gasteiger partial charge in [0.15, 0.2) is 12.1 Å². The number of hydroxylamine groups is 1. The van der Waals surface area contributed by atoms with Gasteiger partial charge < -0.3 is 19.2 Å². The monoisotopic (exact) mass is 588 g/mol. The van der Waals surface area contributed by atoms with Gasteiger partial charge in [0.05, 0.1) is 10.5 Å². The van der Waals surface area contributed by atoms with Crippen LogP contribution in [0.2, 0.25) is 5.02 Å². The van der Waals surface area contributed by atoms with E-state index >= 15 is 0 Å². The lowest BCUT2D eigenvalue weighted by molar-refractivity contribution is -0.187. The van der Waals surface area contributed by atoms with E-state index in [0.29, 0.717) is 45.7 Å². The number of hydrogen-bond donors (Lipinski definition) is 2. The lowest BCUT2D eigenvalue weighted by Gasteiger charge is -2.21. The number of rotatable bonds is 9. The van der Waals surface area contributed by atoms with Gasteiger partial charge in [0, 0.05) is 29.7 Å². The largest absolute Gasteiger partial charge is 0.487 e. The summed E-state index contributed by atoms with van der Waals surface area (Å²) in [5.74, 6) is 0.802. The van der Waals surface area contributed by atoms with Crippen LogP contribution < -0.4 is 15.5 Å². The van der Waals surface area contributed by atoms with Crippen LogP contribution in [0, 0.1) is 5.82 Å². The van der Waals surface area contributed by atoms with E-state index in [1.54, 1.807) is 36.4 Å². The number of hydrogen-bond acceptors (Lipinski definition) is 8. The molecule has 214 valence electrons. The average molecular weight is 589 g/mol. The molecule has 0 saturated carbocycles. The number of ether oxygens (including phenoxy) is 2. The summed E-state index contributed by atoms with van der Waals surface area (Å²) < 4.78 is 30.5. The van der Waals surface area contributed by atoms with Gasteiger partial charge >= 0.3 is 5.91 Å². The maximum atomic E-state index is 13.5. The minimum absolute atomic E-state index is 0.109. The number of anilines is 2. The van der Waals surface area contributed by atoms with E-state index in [4.69, 9.17) is 30.3 Å². The van der Waals surface area contributed by atoms with E-state index in [1.165, 1.54) is 18.5 Å². The van der Waals surface area contributed by atoms with Crippen molar-refractivity contribution in [3.8, 4) is 17.1 Å². The van der Waals surface area contributed by atoms with Gasteiger partial charge in [-0.2, -0.15) is 0 Å². The van der Waals surface area contributed by atoms with Crippen molar-refractivity contribution in [3.05, 3.63) is 101 Å². The average Bonchev–Trinajstić information content (AvgIpc) is 3.51. The quantitative estimate of drug-likeness (QED) is 0.174. The SMILES string of the molecule is O=C(NOC1CCCCO1)c1ccc(-c2ccc3ncnc(Nc4ccc(OCc5cccc(F)c5)c(Cl)c4)c3c2)o1. The van der Waals surface area contributed by atoms with Crippen LogP contribution in [0.25, 0.3) is 22.2 Å². The Bertz CT molecular complexity index is 1720. The van der Waals surface area contributed by atoms with Gasteiger partial charge in [-0.25, -0.2) is 24.7 Å². The first-order valence-corrected chi connectivity index (χ1v) is 13.8. The molecule has 11 heteroatoms. The third-order valence-corrected chi connectivity index (χ3v) is 6.94. The molecule has 1 aliphatic heterocycles. The Kier molecular flexibility index (Phi) is 8.27. The lowest BCUT2D eigenvalue weighted by Crippen LogP contribution is -2.32. The Labute approximate surface area is 245 Å². The van der Waals surface area contributed by atoms with Crippen molar-refractivity contribution in [2.75, 3.05) is 11.9 Å². The van der Waals surface area contributed by atoms with Crippen molar-refractivity contribution < 1.29 is 27.9 Å². The number of nitrogens with zero attached hydrogens (tertiary/aromatic N) is 2. The highest BCUT2D eigenvalue weighted by molar-refractivity contribution is 6.32. The van der Waals surface area contributed by atoms with E-state index in [9.17, 15) is 9.18 Å². The van der Waals surface area contributed by atoms with Gasteiger partial charge in [0.25, 0.3) is 0 Å².